The van der Waals surface area contributed by atoms with Gasteiger partial charge >= 0.3 is 0 Å². The molecule has 0 fully saturated rings. The predicted molar refractivity (Wildman–Crippen MR) is 68.9 cm³/mol. The number of anilines is 1. The van der Waals surface area contributed by atoms with E-state index in [1.807, 2.05) is 36.1 Å². The summed E-state index contributed by atoms with van der Waals surface area (Å²) in [6.45, 7) is 3.05. The van der Waals surface area contributed by atoms with E-state index in [0.29, 0.717) is 6.54 Å². The van der Waals surface area contributed by atoms with Gasteiger partial charge in [0, 0.05) is 31.9 Å². The number of carbonyl (C=O) groups is 1. The molecule has 0 aromatic heterocycles. The van der Waals surface area contributed by atoms with E-state index in [1.165, 1.54) is 0 Å². The molecule has 0 heterocycles. The number of para-hydroxylation sites is 1. The minimum Gasteiger partial charge on any atom is -0.392 e. The fourth-order valence-corrected chi connectivity index (χ4v) is 1.63. The number of hydrogen-bond acceptors (Lipinski definition) is 3. The molecule has 0 atom stereocenters. The largest absolute Gasteiger partial charge is 0.392 e. The number of aliphatic hydroxyl groups is 1. The van der Waals surface area contributed by atoms with Crippen molar-refractivity contribution < 1.29 is 9.90 Å². The van der Waals surface area contributed by atoms with E-state index in [4.69, 9.17) is 0 Å². The number of benzene rings is 1. The van der Waals surface area contributed by atoms with Crippen LogP contribution in [0.15, 0.2) is 24.3 Å². The fraction of sp³-hybridized carbons (Fsp3) is 0.462. The first-order chi connectivity index (χ1) is 8.10. The molecule has 4 heteroatoms. The number of amides is 1. The maximum atomic E-state index is 11.7. The molecule has 1 amide bonds. The van der Waals surface area contributed by atoms with Gasteiger partial charge in [0.15, 0.2) is 0 Å². The van der Waals surface area contributed by atoms with E-state index in [1.54, 1.807) is 19.0 Å². The molecule has 0 aliphatic rings. The van der Waals surface area contributed by atoms with Gasteiger partial charge in [-0.25, -0.2) is 0 Å². The lowest BCUT2D eigenvalue weighted by Crippen LogP contribution is -2.37. The number of hydrogen-bond donors (Lipinski definition) is 1. The molecule has 0 aliphatic heterocycles. The molecule has 0 radical (unpaired) electrons. The summed E-state index contributed by atoms with van der Waals surface area (Å²) >= 11 is 0. The Morgan fingerprint density at radius 2 is 1.94 bits per heavy atom. The van der Waals surface area contributed by atoms with Crippen molar-refractivity contribution in [3.05, 3.63) is 29.8 Å². The second kappa shape index (κ2) is 6.25. The molecule has 0 saturated heterocycles. The van der Waals surface area contributed by atoms with Crippen LogP contribution in [0.4, 0.5) is 5.69 Å². The van der Waals surface area contributed by atoms with Crippen LogP contribution in [0.2, 0.25) is 0 Å². The minimum absolute atomic E-state index is 0.0111. The summed E-state index contributed by atoms with van der Waals surface area (Å²) in [7, 11) is 3.49. The van der Waals surface area contributed by atoms with Gasteiger partial charge in [-0.15, -0.1) is 0 Å². The van der Waals surface area contributed by atoms with E-state index in [0.717, 1.165) is 17.8 Å². The molecule has 1 aromatic rings. The highest BCUT2D eigenvalue weighted by Crippen LogP contribution is 2.20. The number of carbonyl (C=O) groups excluding carboxylic acids is 1. The summed E-state index contributed by atoms with van der Waals surface area (Å²) in [5.74, 6) is 0.0552. The van der Waals surface area contributed by atoms with Crippen LogP contribution in [0.1, 0.15) is 12.5 Å². The first-order valence-electron chi connectivity index (χ1n) is 5.74. The molecular formula is C13H20N2O2. The standard InChI is InChI=1S/C13H20N2O2/c1-4-15(9-13(17)14(2)3)12-8-6-5-7-11(12)10-16/h5-8,16H,4,9-10H2,1-3H3. The molecule has 17 heavy (non-hydrogen) atoms. The number of rotatable bonds is 5. The number of aliphatic hydroxyl groups excluding tert-OH is 1. The van der Waals surface area contributed by atoms with Crippen LogP contribution in [-0.4, -0.2) is 43.1 Å². The lowest BCUT2D eigenvalue weighted by atomic mass is 10.1. The monoisotopic (exact) mass is 236 g/mol. The van der Waals surface area contributed by atoms with Crippen LogP contribution in [0.5, 0.6) is 0 Å². The van der Waals surface area contributed by atoms with Gasteiger partial charge < -0.3 is 14.9 Å². The summed E-state index contributed by atoms with van der Waals surface area (Å²) in [6.07, 6.45) is 0. The summed E-state index contributed by atoms with van der Waals surface area (Å²) in [4.78, 5) is 15.2. The molecule has 0 saturated carbocycles. The van der Waals surface area contributed by atoms with Gasteiger partial charge in [-0.3, -0.25) is 4.79 Å². The van der Waals surface area contributed by atoms with Crippen molar-refractivity contribution in [2.45, 2.75) is 13.5 Å². The van der Waals surface area contributed by atoms with E-state index in [9.17, 15) is 9.90 Å². The summed E-state index contributed by atoms with van der Waals surface area (Å²) in [5, 5.41) is 9.28. The zero-order chi connectivity index (χ0) is 12.8. The fourth-order valence-electron chi connectivity index (χ4n) is 1.63. The Morgan fingerprint density at radius 3 is 2.47 bits per heavy atom. The highest BCUT2D eigenvalue weighted by molar-refractivity contribution is 5.81. The van der Waals surface area contributed by atoms with Gasteiger partial charge in [-0.2, -0.15) is 0 Å². The van der Waals surface area contributed by atoms with Crippen molar-refractivity contribution in [2.75, 3.05) is 32.1 Å². The Morgan fingerprint density at radius 1 is 1.29 bits per heavy atom. The summed E-state index contributed by atoms with van der Waals surface area (Å²) in [5.41, 5.74) is 1.77. The lowest BCUT2D eigenvalue weighted by Gasteiger charge is -2.26. The molecule has 0 aliphatic carbocycles. The highest BCUT2D eigenvalue weighted by Gasteiger charge is 2.13. The molecule has 0 bridgehead atoms. The van der Waals surface area contributed by atoms with Gasteiger partial charge in [-0.1, -0.05) is 18.2 Å². The zero-order valence-corrected chi connectivity index (χ0v) is 10.7. The van der Waals surface area contributed by atoms with Crippen LogP contribution in [0.3, 0.4) is 0 Å². The maximum Gasteiger partial charge on any atom is 0.241 e. The molecule has 94 valence electrons. The Balaban J connectivity index is 2.89. The number of likely N-dealkylation sites (N-methyl/N-ethyl adjacent to an activating group) is 2. The van der Waals surface area contributed by atoms with Gasteiger partial charge in [0.05, 0.1) is 13.2 Å². The molecule has 4 nitrogen and oxygen atoms in total. The van der Waals surface area contributed by atoms with Crippen LogP contribution in [0, 0.1) is 0 Å². The average molecular weight is 236 g/mol. The zero-order valence-electron chi connectivity index (χ0n) is 10.7. The average Bonchev–Trinajstić information content (AvgIpc) is 2.35. The second-order valence-electron chi connectivity index (χ2n) is 4.09. The van der Waals surface area contributed by atoms with Gasteiger partial charge in [0.25, 0.3) is 0 Å². The van der Waals surface area contributed by atoms with Gasteiger partial charge in [0.1, 0.15) is 0 Å². The lowest BCUT2D eigenvalue weighted by molar-refractivity contribution is -0.127. The number of nitrogens with zero attached hydrogens (tertiary/aromatic N) is 2. The van der Waals surface area contributed by atoms with E-state index < -0.39 is 0 Å². The third kappa shape index (κ3) is 3.46. The summed E-state index contributed by atoms with van der Waals surface area (Å²) < 4.78 is 0. The van der Waals surface area contributed by atoms with Crippen molar-refractivity contribution in [3.63, 3.8) is 0 Å². The van der Waals surface area contributed by atoms with Crippen molar-refractivity contribution in [1.82, 2.24) is 4.90 Å². The predicted octanol–water partition coefficient (Wildman–Crippen LogP) is 1.09. The van der Waals surface area contributed by atoms with E-state index >= 15 is 0 Å². The van der Waals surface area contributed by atoms with Crippen LogP contribution in [-0.2, 0) is 11.4 Å². The molecular weight excluding hydrogens is 216 g/mol. The van der Waals surface area contributed by atoms with E-state index in [2.05, 4.69) is 0 Å². The molecule has 1 rings (SSSR count). The highest BCUT2D eigenvalue weighted by atomic mass is 16.3. The third-order valence-electron chi connectivity index (χ3n) is 2.71. The Kier molecular flexibility index (Phi) is 4.97. The summed E-state index contributed by atoms with van der Waals surface area (Å²) in [6, 6.07) is 7.60. The topological polar surface area (TPSA) is 43.8 Å². The van der Waals surface area contributed by atoms with Crippen LogP contribution >= 0.6 is 0 Å². The SMILES string of the molecule is CCN(CC(=O)N(C)C)c1ccccc1CO. The van der Waals surface area contributed by atoms with Crippen LogP contribution in [0.25, 0.3) is 0 Å². The Hall–Kier alpha value is -1.55. The van der Waals surface area contributed by atoms with Gasteiger partial charge in [0.2, 0.25) is 5.91 Å². The molecule has 0 spiro atoms. The van der Waals surface area contributed by atoms with Crippen molar-refractivity contribution in [2.24, 2.45) is 0 Å². The van der Waals surface area contributed by atoms with Crippen LogP contribution < -0.4 is 4.90 Å². The third-order valence-corrected chi connectivity index (χ3v) is 2.71. The van der Waals surface area contributed by atoms with Crippen molar-refractivity contribution >= 4 is 11.6 Å². The first-order valence-corrected chi connectivity index (χ1v) is 5.74. The van der Waals surface area contributed by atoms with Crippen molar-refractivity contribution in [3.8, 4) is 0 Å². The second-order valence-corrected chi connectivity index (χ2v) is 4.09. The quantitative estimate of drug-likeness (QED) is 0.832. The normalized spacial score (nSPS) is 10.1. The maximum absolute atomic E-state index is 11.7. The molecule has 1 aromatic carbocycles. The Bertz CT molecular complexity index is 377. The van der Waals surface area contributed by atoms with Crippen molar-refractivity contribution in [1.29, 1.82) is 0 Å². The Labute approximate surface area is 102 Å². The van der Waals surface area contributed by atoms with E-state index in [-0.39, 0.29) is 12.5 Å². The first kappa shape index (κ1) is 13.5. The smallest absolute Gasteiger partial charge is 0.241 e. The van der Waals surface area contributed by atoms with Gasteiger partial charge in [-0.05, 0) is 13.0 Å². The molecule has 1 N–H and O–H groups in total. The minimum atomic E-state index is -0.0111. The molecule has 0 unspecified atom stereocenters.